The first-order valence-electron chi connectivity index (χ1n) is 2.94. The molecule has 4 nitrogen and oxygen atoms in total. The van der Waals surface area contributed by atoms with Crippen LogP contribution in [0.1, 0.15) is 0 Å². The average Bonchev–Trinajstić information content (AvgIpc) is 1.97. The van der Waals surface area contributed by atoms with E-state index < -0.39 is 4.92 Å². The topological polar surface area (TPSA) is 55.2 Å². The Morgan fingerprint density at radius 1 is 1.91 bits per heavy atom. The average molecular weight is 174 g/mol. The van der Waals surface area contributed by atoms with Crippen LogP contribution in [0.3, 0.4) is 0 Å². The van der Waals surface area contributed by atoms with Gasteiger partial charge < -0.3 is 5.32 Å². The second kappa shape index (κ2) is 5.79. The molecule has 0 aliphatic rings. The van der Waals surface area contributed by atoms with Gasteiger partial charge in [0.05, 0.1) is 4.92 Å². The van der Waals surface area contributed by atoms with Gasteiger partial charge in [0, 0.05) is 6.54 Å². The largest absolute Gasteiger partial charge is 0.371 e. The quantitative estimate of drug-likeness (QED) is 0.386. The molecule has 0 aromatic heterocycles. The molecule has 0 aliphatic carbocycles. The zero-order chi connectivity index (χ0) is 8.69. The fraction of sp³-hybridized carbons (Fsp3) is 0.333. The molecule has 11 heavy (non-hydrogen) atoms. The van der Waals surface area contributed by atoms with E-state index in [1.807, 2.05) is 0 Å². The Morgan fingerprint density at radius 2 is 2.55 bits per heavy atom. The van der Waals surface area contributed by atoms with Gasteiger partial charge in [-0.2, -0.15) is 0 Å². The van der Waals surface area contributed by atoms with Gasteiger partial charge in [0.1, 0.15) is 5.03 Å². The minimum absolute atomic E-state index is 0.484. The molecular formula is C6H10N2O2S. The van der Waals surface area contributed by atoms with Crippen LogP contribution in [0.15, 0.2) is 23.9 Å². The zero-order valence-electron chi connectivity index (χ0n) is 6.24. The summed E-state index contributed by atoms with van der Waals surface area (Å²) < 4.78 is 0. The molecule has 0 bridgehead atoms. The van der Waals surface area contributed by atoms with Gasteiger partial charge in [-0.05, 0) is 6.26 Å². The minimum Gasteiger partial charge on any atom is -0.371 e. The Kier molecular flexibility index (Phi) is 5.28. The lowest BCUT2D eigenvalue weighted by atomic mass is 10.6. The molecule has 5 heteroatoms. The van der Waals surface area contributed by atoms with Crippen LogP contribution >= 0.6 is 11.8 Å². The second-order valence-electron chi connectivity index (χ2n) is 1.65. The summed E-state index contributed by atoms with van der Waals surface area (Å²) in [5.74, 6) is 0. The standard InChI is InChI=1S/C6H10N2O2S/c1-3-4-7-6(11-2)5-8(9)10/h3,5,7H,1,4H2,2H3. The van der Waals surface area contributed by atoms with Crippen molar-refractivity contribution in [3.8, 4) is 0 Å². The van der Waals surface area contributed by atoms with Crippen molar-refractivity contribution in [1.29, 1.82) is 0 Å². The van der Waals surface area contributed by atoms with Crippen LogP contribution in [0, 0.1) is 10.1 Å². The van der Waals surface area contributed by atoms with Gasteiger partial charge in [0.25, 0.3) is 6.20 Å². The Labute approximate surface area is 69.5 Å². The first kappa shape index (κ1) is 10.0. The smallest absolute Gasteiger partial charge is 0.263 e. The van der Waals surface area contributed by atoms with E-state index in [0.29, 0.717) is 11.6 Å². The van der Waals surface area contributed by atoms with Crippen LogP contribution in [-0.4, -0.2) is 17.7 Å². The number of nitro groups is 1. The van der Waals surface area contributed by atoms with Crippen LogP contribution in [0.5, 0.6) is 0 Å². The predicted octanol–water partition coefficient (Wildman–Crippen LogP) is 1.20. The van der Waals surface area contributed by atoms with E-state index in [9.17, 15) is 10.1 Å². The van der Waals surface area contributed by atoms with Crippen LogP contribution in [0.25, 0.3) is 0 Å². The highest BCUT2D eigenvalue weighted by atomic mass is 32.2. The van der Waals surface area contributed by atoms with Crippen LogP contribution in [0.2, 0.25) is 0 Å². The SMILES string of the molecule is C=CCNC(=C[N+](=O)[O-])SC. The molecule has 0 heterocycles. The molecule has 0 aromatic rings. The van der Waals surface area contributed by atoms with E-state index in [4.69, 9.17) is 0 Å². The first-order valence-corrected chi connectivity index (χ1v) is 4.17. The van der Waals surface area contributed by atoms with Crippen molar-refractivity contribution in [3.05, 3.63) is 34.0 Å². The highest BCUT2D eigenvalue weighted by Gasteiger charge is 1.97. The molecule has 0 fully saturated rings. The van der Waals surface area contributed by atoms with Gasteiger partial charge in [0.15, 0.2) is 0 Å². The van der Waals surface area contributed by atoms with E-state index >= 15 is 0 Å². The fourth-order valence-electron chi connectivity index (χ4n) is 0.439. The fourth-order valence-corrected chi connectivity index (χ4v) is 0.858. The second-order valence-corrected chi connectivity index (χ2v) is 2.50. The Balaban J connectivity index is 3.93. The third-order valence-electron chi connectivity index (χ3n) is 0.863. The summed E-state index contributed by atoms with van der Waals surface area (Å²) in [5.41, 5.74) is 0. The molecule has 0 amide bonds. The predicted molar refractivity (Wildman–Crippen MR) is 46.8 cm³/mol. The van der Waals surface area contributed by atoms with Crippen molar-refractivity contribution in [1.82, 2.24) is 5.32 Å². The van der Waals surface area contributed by atoms with Gasteiger partial charge >= 0.3 is 0 Å². The summed E-state index contributed by atoms with van der Waals surface area (Å²) >= 11 is 1.30. The van der Waals surface area contributed by atoms with Crippen LogP contribution < -0.4 is 5.32 Å². The van der Waals surface area contributed by atoms with Crippen molar-refractivity contribution in [3.63, 3.8) is 0 Å². The number of hydrogen-bond donors (Lipinski definition) is 1. The van der Waals surface area contributed by atoms with E-state index in [2.05, 4.69) is 11.9 Å². The van der Waals surface area contributed by atoms with Gasteiger partial charge in [-0.1, -0.05) is 6.08 Å². The summed E-state index contributed by atoms with van der Waals surface area (Å²) in [6, 6.07) is 0. The number of nitrogens with zero attached hydrogens (tertiary/aromatic N) is 1. The van der Waals surface area contributed by atoms with Gasteiger partial charge in [0.2, 0.25) is 0 Å². The third kappa shape index (κ3) is 5.47. The van der Waals surface area contributed by atoms with Crippen molar-refractivity contribution in [2.24, 2.45) is 0 Å². The lowest BCUT2D eigenvalue weighted by Gasteiger charge is -2.00. The Morgan fingerprint density at radius 3 is 2.91 bits per heavy atom. The molecule has 62 valence electrons. The first-order chi connectivity index (χ1) is 5.20. The minimum atomic E-state index is -0.484. The van der Waals surface area contributed by atoms with Gasteiger partial charge in [-0.25, -0.2) is 0 Å². The monoisotopic (exact) mass is 174 g/mol. The molecule has 0 aliphatic heterocycles. The normalized spacial score (nSPS) is 10.8. The molecule has 0 saturated heterocycles. The van der Waals surface area contributed by atoms with E-state index in [1.165, 1.54) is 11.8 Å². The maximum atomic E-state index is 9.98. The van der Waals surface area contributed by atoms with Crippen molar-refractivity contribution < 1.29 is 4.92 Å². The Hall–Kier alpha value is -0.970. The summed E-state index contributed by atoms with van der Waals surface area (Å²) in [4.78, 5) is 9.50. The van der Waals surface area contributed by atoms with Gasteiger partial charge in [-0.3, -0.25) is 10.1 Å². The van der Waals surface area contributed by atoms with Crippen LogP contribution in [-0.2, 0) is 0 Å². The van der Waals surface area contributed by atoms with E-state index in [-0.39, 0.29) is 0 Å². The van der Waals surface area contributed by atoms with Crippen molar-refractivity contribution >= 4 is 11.8 Å². The van der Waals surface area contributed by atoms with Gasteiger partial charge in [-0.15, -0.1) is 18.3 Å². The zero-order valence-corrected chi connectivity index (χ0v) is 7.06. The van der Waals surface area contributed by atoms with E-state index in [0.717, 1.165) is 6.20 Å². The lowest BCUT2D eigenvalue weighted by Crippen LogP contribution is -2.11. The summed E-state index contributed by atoms with van der Waals surface area (Å²) in [6.07, 6.45) is 4.35. The maximum absolute atomic E-state index is 9.98. The third-order valence-corrected chi connectivity index (χ3v) is 1.55. The molecule has 0 spiro atoms. The maximum Gasteiger partial charge on any atom is 0.263 e. The number of rotatable bonds is 5. The molecule has 1 N–H and O–H groups in total. The number of nitrogens with one attached hydrogen (secondary N) is 1. The van der Waals surface area contributed by atoms with E-state index in [1.54, 1.807) is 12.3 Å². The number of hydrogen-bond acceptors (Lipinski definition) is 4. The molecular weight excluding hydrogens is 164 g/mol. The molecule has 0 atom stereocenters. The van der Waals surface area contributed by atoms with Crippen molar-refractivity contribution in [2.75, 3.05) is 12.8 Å². The summed E-state index contributed by atoms with van der Waals surface area (Å²) in [7, 11) is 0. The molecule has 0 saturated carbocycles. The van der Waals surface area contributed by atoms with Crippen molar-refractivity contribution in [2.45, 2.75) is 0 Å². The summed E-state index contributed by atoms with van der Waals surface area (Å²) in [5, 5.41) is 13.3. The molecule has 0 rings (SSSR count). The number of thioether (sulfide) groups is 1. The summed E-state index contributed by atoms with van der Waals surface area (Å²) in [6.45, 7) is 4.02. The highest BCUT2D eigenvalue weighted by molar-refractivity contribution is 8.02. The molecule has 0 radical (unpaired) electrons. The highest BCUT2D eigenvalue weighted by Crippen LogP contribution is 2.05. The molecule has 0 unspecified atom stereocenters. The Bertz CT molecular complexity index is 179. The lowest BCUT2D eigenvalue weighted by molar-refractivity contribution is -0.403. The van der Waals surface area contributed by atoms with Crippen LogP contribution in [0.4, 0.5) is 0 Å². The molecule has 0 aromatic carbocycles.